The molecule has 1 saturated heterocycles. The Morgan fingerprint density at radius 2 is 1.79 bits per heavy atom. The second-order valence-electron chi connectivity index (χ2n) is 7.72. The Morgan fingerprint density at radius 1 is 1.06 bits per heavy atom. The van der Waals surface area contributed by atoms with Crippen LogP contribution in [0.5, 0.6) is 5.75 Å². The zero-order valence-corrected chi connectivity index (χ0v) is 19.3. The van der Waals surface area contributed by atoms with E-state index in [1.165, 1.54) is 19.6 Å². The third-order valence-electron chi connectivity index (χ3n) is 5.47. The third-order valence-corrected chi connectivity index (χ3v) is 6.36. The van der Waals surface area contributed by atoms with Crippen molar-refractivity contribution < 1.29 is 23.9 Å². The molecular weight excluding hydrogens is 438 g/mol. The summed E-state index contributed by atoms with van der Waals surface area (Å²) in [6, 6.07) is 18.7. The number of nitrogens with zero attached hydrogens (tertiary/aromatic N) is 1. The zero-order valence-electron chi connectivity index (χ0n) is 18.5. The van der Waals surface area contributed by atoms with Crippen molar-refractivity contribution in [3.8, 4) is 5.75 Å². The molecule has 3 aromatic rings. The third kappa shape index (κ3) is 4.64. The highest BCUT2D eigenvalue weighted by molar-refractivity contribution is 8.18. The first kappa shape index (κ1) is 22.6. The lowest BCUT2D eigenvalue weighted by molar-refractivity contribution is -0.148. The summed E-state index contributed by atoms with van der Waals surface area (Å²) in [6.07, 6.45) is 1.67. The van der Waals surface area contributed by atoms with E-state index >= 15 is 0 Å². The minimum atomic E-state index is -1.00. The van der Waals surface area contributed by atoms with Crippen LogP contribution in [0.1, 0.15) is 23.6 Å². The summed E-state index contributed by atoms with van der Waals surface area (Å²) < 4.78 is 10.8. The Morgan fingerprint density at radius 3 is 2.52 bits per heavy atom. The van der Waals surface area contributed by atoms with E-state index in [9.17, 15) is 14.4 Å². The number of imide groups is 1. The van der Waals surface area contributed by atoms with Crippen LogP contribution in [0, 0.1) is 6.92 Å². The summed E-state index contributed by atoms with van der Waals surface area (Å²) >= 11 is 0.801. The fourth-order valence-electron chi connectivity index (χ4n) is 3.62. The number of amides is 2. The van der Waals surface area contributed by atoms with Gasteiger partial charge < -0.3 is 9.47 Å². The summed E-state index contributed by atoms with van der Waals surface area (Å²) in [4.78, 5) is 38.6. The highest BCUT2D eigenvalue weighted by atomic mass is 32.2. The summed E-state index contributed by atoms with van der Waals surface area (Å²) in [6.45, 7) is 3.86. The molecule has 0 spiro atoms. The van der Waals surface area contributed by atoms with Gasteiger partial charge in [-0.2, -0.15) is 0 Å². The van der Waals surface area contributed by atoms with Crippen LogP contribution in [0.2, 0.25) is 0 Å². The smallest absolute Gasteiger partial charge is 0.328 e. The molecule has 33 heavy (non-hydrogen) atoms. The molecule has 168 valence electrons. The summed E-state index contributed by atoms with van der Waals surface area (Å²) in [5.41, 5.74) is 2.89. The normalized spacial score (nSPS) is 15.8. The van der Waals surface area contributed by atoms with Gasteiger partial charge in [0.05, 0.1) is 12.0 Å². The fourth-order valence-corrected chi connectivity index (χ4v) is 4.51. The Kier molecular flexibility index (Phi) is 6.51. The zero-order chi connectivity index (χ0) is 23.5. The van der Waals surface area contributed by atoms with E-state index in [-0.39, 0.29) is 4.91 Å². The molecule has 4 rings (SSSR count). The largest absolute Gasteiger partial charge is 0.488 e. The van der Waals surface area contributed by atoms with Crippen molar-refractivity contribution >= 4 is 45.7 Å². The minimum Gasteiger partial charge on any atom is -0.488 e. The SMILES string of the molecule is COC(=O)[C@@H](C)N1C(=O)S/C(=C/c2c(OCc3ccc(C)cc3)ccc3ccccc23)C1=O. The molecule has 1 aliphatic rings. The number of methoxy groups -OCH3 is 1. The number of hydrogen-bond donors (Lipinski definition) is 0. The van der Waals surface area contributed by atoms with E-state index in [0.717, 1.165) is 33.0 Å². The Balaban J connectivity index is 1.71. The van der Waals surface area contributed by atoms with Crippen molar-refractivity contribution in [2.75, 3.05) is 7.11 Å². The van der Waals surface area contributed by atoms with Gasteiger partial charge in [-0.15, -0.1) is 0 Å². The van der Waals surface area contributed by atoms with Crippen molar-refractivity contribution in [1.82, 2.24) is 4.90 Å². The van der Waals surface area contributed by atoms with Crippen LogP contribution >= 0.6 is 11.8 Å². The summed E-state index contributed by atoms with van der Waals surface area (Å²) in [7, 11) is 1.22. The van der Waals surface area contributed by atoms with Crippen molar-refractivity contribution in [3.05, 3.63) is 82.3 Å². The number of carbonyl (C=O) groups is 3. The molecule has 1 aliphatic heterocycles. The maximum atomic E-state index is 13.0. The summed E-state index contributed by atoms with van der Waals surface area (Å²) in [5.74, 6) is -0.576. The van der Waals surface area contributed by atoms with Crippen LogP contribution in [0.25, 0.3) is 16.8 Å². The first-order valence-corrected chi connectivity index (χ1v) is 11.3. The number of benzene rings is 3. The van der Waals surface area contributed by atoms with Crippen molar-refractivity contribution in [2.24, 2.45) is 0 Å². The van der Waals surface area contributed by atoms with Crippen LogP contribution in [0.15, 0.2) is 65.6 Å². The fraction of sp³-hybridized carbons (Fsp3) is 0.192. The number of aryl methyl sites for hydroxylation is 1. The Labute approximate surface area is 196 Å². The molecule has 6 nitrogen and oxygen atoms in total. The average Bonchev–Trinajstić information content (AvgIpc) is 3.11. The molecule has 0 bridgehead atoms. The first-order valence-electron chi connectivity index (χ1n) is 10.4. The number of rotatable bonds is 6. The van der Waals surface area contributed by atoms with Gasteiger partial charge in [0.15, 0.2) is 0 Å². The maximum absolute atomic E-state index is 13.0. The Hall–Kier alpha value is -3.58. The monoisotopic (exact) mass is 461 g/mol. The van der Waals surface area contributed by atoms with Crippen LogP contribution in [-0.4, -0.2) is 35.2 Å². The molecule has 7 heteroatoms. The quantitative estimate of drug-likeness (QED) is 0.365. The van der Waals surface area contributed by atoms with Gasteiger partial charge in [-0.05, 0) is 54.1 Å². The van der Waals surface area contributed by atoms with E-state index < -0.39 is 23.2 Å². The van der Waals surface area contributed by atoms with Crippen LogP contribution < -0.4 is 4.74 Å². The molecule has 1 heterocycles. The van der Waals surface area contributed by atoms with E-state index in [4.69, 9.17) is 9.47 Å². The van der Waals surface area contributed by atoms with Gasteiger partial charge >= 0.3 is 5.97 Å². The molecular formula is C26H23NO5S. The van der Waals surface area contributed by atoms with E-state index in [0.29, 0.717) is 17.9 Å². The number of fused-ring (bicyclic) bond motifs is 1. The molecule has 0 aromatic heterocycles. The standard InChI is InChI=1S/C26H23NO5S/c1-16-8-10-18(11-9-16)15-32-22-13-12-19-6-4-5-7-20(19)21(22)14-23-24(28)27(26(30)33-23)17(2)25(29)31-3/h4-14,17H,15H2,1-3H3/b23-14+/t17-/m1/s1. The summed E-state index contributed by atoms with van der Waals surface area (Å²) in [5, 5.41) is 1.37. The van der Waals surface area contributed by atoms with Crippen molar-refractivity contribution in [2.45, 2.75) is 26.5 Å². The molecule has 0 saturated carbocycles. The van der Waals surface area contributed by atoms with Crippen LogP contribution in [0.4, 0.5) is 4.79 Å². The van der Waals surface area contributed by atoms with E-state index in [1.54, 1.807) is 6.08 Å². The predicted molar refractivity (Wildman–Crippen MR) is 129 cm³/mol. The van der Waals surface area contributed by atoms with Gasteiger partial charge in [-0.3, -0.25) is 14.5 Å². The second-order valence-corrected chi connectivity index (χ2v) is 8.72. The van der Waals surface area contributed by atoms with Crippen LogP contribution in [0.3, 0.4) is 0 Å². The van der Waals surface area contributed by atoms with Gasteiger partial charge in [0.2, 0.25) is 0 Å². The molecule has 0 unspecified atom stereocenters. The maximum Gasteiger partial charge on any atom is 0.328 e. The van der Waals surface area contributed by atoms with Gasteiger partial charge in [0.25, 0.3) is 11.1 Å². The van der Waals surface area contributed by atoms with Crippen LogP contribution in [-0.2, 0) is 20.9 Å². The van der Waals surface area contributed by atoms with E-state index in [1.807, 2.05) is 67.6 Å². The highest BCUT2D eigenvalue weighted by Crippen LogP contribution is 2.38. The van der Waals surface area contributed by atoms with Crippen molar-refractivity contribution in [1.29, 1.82) is 0 Å². The molecule has 2 amide bonds. The van der Waals surface area contributed by atoms with Gasteiger partial charge in [0, 0.05) is 5.56 Å². The van der Waals surface area contributed by atoms with E-state index in [2.05, 4.69) is 0 Å². The molecule has 0 aliphatic carbocycles. The number of carbonyl (C=O) groups excluding carboxylic acids is 3. The molecule has 0 N–H and O–H groups in total. The minimum absolute atomic E-state index is 0.229. The molecule has 1 fully saturated rings. The predicted octanol–water partition coefficient (Wildman–Crippen LogP) is 5.33. The number of ether oxygens (including phenoxy) is 2. The molecule has 1 atom stereocenters. The lowest BCUT2D eigenvalue weighted by Gasteiger charge is -2.18. The lowest BCUT2D eigenvalue weighted by atomic mass is 10.0. The topological polar surface area (TPSA) is 72.9 Å². The van der Waals surface area contributed by atoms with Gasteiger partial charge in [-0.1, -0.05) is 60.2 Å². The second kappa shape index (κ2) is 9.50. The molecule has 0 radical (unpaired) electrons. The van der Waals surface area contributed by atoms with Gasteiger partial charge in [0.1, 0.15) is 18.4 Å². The Bertz CT molecular complexity index is 1270. The number of esters is 1. The van der Waals surface area contributed by atoms with Crippen molar-refractivity contribution in [3.63, 3.8) is 0 Å². The number of thioether (sulfide) groups is 1. The van der Waals surface area contributed by atoms with Gasteiger partial charge in [-0.25, -0.2) is 4.79 Å². The molecule has 3 aromatic carbocycles. The number of hydrogen-bond acceptors (Lipinski definition) is 6. The first-order chi connectivity index (χ1) is 15.9. The highest BCUT2D eigenvalue weighted by Gasteiger charge is 2.41. The average molecular weight is 462 g/mol. The lowest BCUT2D eigenvalue weighted by Crippen LogP contribution is -2.42.